The highest BCUT2D eigenvalue weighted by Gasteiger charge is 2.18. The van der Waals surface area contributed by atoms with E-state index in [4.69, 9.17) is 28.7 Å². The minimum atomic E-state index is -0.658. The van der Waals surface area contributed by atoms with Gasteiger partial charge < -0.3 is 18.9 Å². The molecule has 0 unspecified atom stereocenters. The summed E-state index contributed by atoms with van der Waals surface area (Å²) in [6.07, 6.45) is 0.922. The maximum absolute atomic E-state index is 11.9. The van der Waals surface area contributed by atoms with Crippen LogP contribution in [0.4, 0.5) is 0 Å². The quantitative estimate of drug-likeness (QED) is 0.372. The SMILES string of the molecule is CCCOCCOOC(=O)c1cc(OC)c(OC)c(OC)c1. The van der Waals surface area contributed by atoms with E-state index < -0.39 is 5.97 Å². The summed E-state index contributed by atoms with van der Waals surface area (Å²) in [6.45, 7) is 3.17. The fraction of sp³-hybridized carbons (Fsp3) is 0.533. The van der Waals surface area contributed by atoms with E-state index in [1.54, 1.807) is 0 Å². The van der Waals surface area contributed by atoms with Gasteiger partial charge in [-0.1, -0.05) is 6.92 Å². The van der Waals surface area contributed by atoms with E-state index in [0.29, 0.717) is 30.5 Å². The summed E-state index contributed by atoms with van der Waals surface area (Å²) in [5, 5.41) is 0. The zero-order valence-electron chi connectivity index (χ0n) is 13.3. The Kier molecular flexibility index (Phi) is 8.09. The normalized spacial score (nSPS) is 10.2. The molecule has 0 amide bonds. The van der Waals surface area contributed by atoms with Crippen molar-refractivity contribution in [1.82, 2.24) is 0 Å². The van der Waals surface area contributed by atoms with E-state index in [1.807, 2.05) is 6.92 Å². The van der Waals surface area contributed by atoms with Gasteiger partial charge in [-0.3, -0.25) is 4.89 Å². The van der Waals surface area contributed by atoms with Crippen molar-refractivity contribution in [3.05, 3.63) is 17.7 Å². The van der Waals surface area contributed by atoms with E-state index in [1.165, 1.54) is 33.5 Å². The average molecular weight is 314 g/mol. The number of rotatable bonds is 10. The molecule has 0 atom stereocenters. The molecule has 0 N–H and O–H groups in total. The summed E-state index contributed by atoms with van der Waals surface area (Å²) in [6, 6.07) is 2.97. The Hall–Kier alpha value is -1.99. The number of benzene rings is 1. The number of carbonyl (C=O) groups excluding carboxylic acids is 1. The average Bonchev–Trinajstić information content (AvgIpc) is 2.56. The summed E-state index contributed by atoms with van der Waals surface area (Å²) >= 11 is 0. The first-order valence-corrected chi connectivity index (χ1v) is 6.89. The van der Waals surface area contributed by atoms with E-state index in [2.05, 4.69) is 0 Å². The summed E-state index contributed by atoms with van der Waals surface area (Å²) < 4.78 is 20.7. The Morgan fingerprint density at radius 3 is 2.09 bits per heavy atom. The lowest BCUT2D eigenvalue weighted by Gasteiger charge is -2.13. The van der Waals surface area contributed by atoms with Crippen LogP contribution in [0.3, 0.4) is 0 Å². The summed E-state index contributed by atoms with van der Waals surface area (Å²) in [5.74, 6) is 0.463. The molecule has 1 aromatic carbocycles. The monoisotopic (exact) mass is 314 g/mol. The van der Waals surface area contributed by atoms with Crippen molar-refractivity contribution in [2.45, 2.75) is 13.3 Å². The number of hydrogen-bond donors (Lipinski definition) is 0. The predicted molar refractivity (Wildman–Crippen MR) is 78.6 cm³/mol. The minimum Gasteiger partial charge on any atom is -0.493 e. The van der Waals surface area contributed by atoms with Gasteiger partial charge in [0.05, 0.1) is 33.5 Å². The Morgan fingerprint density at radius 1 is 0.955 bits per heavy atom. The van der Waals surface area contributed by atoms with Crippen molar-refractivity contribution in [2.75, 3.05) is 41.2 Å². The maximum atomic E-state index is 11.9. The third kappa shape index (κ3) is 5.09. The molecule has 7 heteroatoms. The molecule has 7 nitrogen and oxygen atoms in total. The molecule has 0 radical (unpaired) electrons. The van der Waals surface area contributed by atoms with Gasteiger partial charge in [0.2, 0.25) is 5.75 Å². The first-order chi connectivity index (χ1) is 10.7. The zero-order chi connectivity index (χ0) is 16.4. The van der Waals surface area contributed by atoms with Crippen molar-refractivity contribution >= 4 is 5.97 Å². The molecule has 0 aliphatic rings. The molecule has 0 saturated carbocycles. The van der Waals surface area contributed by atoms with E-state index in [-0.39, 0.29) is 12.2 Å². The molecule has 0 heterocycles. The fourth-order valence-corrected chi connectivity index (χ4v) is 1.68. The second-order valence-electron chi connectivity index (χ2n) is 4.22. The Balaban J connectivity index is 2.65. The third-order valence-corrected chi connectivity index (χ3v) is 2.69. The van der Waals surface area contributed by atoms with Gasteiger partial charge in [0, 0.05) is 6.61 Å². The van der Waals surface area contributed by atoms with Gasteiger partial charge in [0.1, 0.15) is 6.61 Å². The van der Waals surface area contributed by atoms with Gasteiger partial charge in [-0.2, -0.15) is 4.89 Å². The topological polar surface area (TPSA) is 72.5 Å². The molecule has 1 aromatic rings. The predicted octanol–water partition coefficient (Wildman–Crippen LogP) is 2.23. The lowest BCUT2D eigenvalue weighted by atomic mass is 10.2. The van der Waals surface area contributed by atoms with Crippen molar-refractivity contribution < 1.29 is 33.5 Å². The summed E-state index contributed by atoms with van der Waals surface area (Å²) in [7, 11) is 4.42. The van der Waals surface area contributed by atoms with Gasteiger partial charge in [-0.15, -0.1) is 0 Å². The van der Waals surface area contributed by atoms with Crippen LogP contribution >= 0.6 is 0 Å². The van der Waals surface area contributed by atoms with Gasteiger partial charge >= 0.3 is 5.97 Å². The Bertz CT molecular complexity index is 448. The van der Waals surface area contributed by atoms with E-state index in [0.717, 1.165) is 6.42 Å². The van der Waals surface area contributed by atoms with Crippen LogP contribution in [0, 0.1) is 0 Å². The van der Waals surface area contributed by atoms with Crippen LogP contribution in [-0.4, -0.2) is 47.1 Å². The highest BCUT2D eigenvalue weighted by atomic mass is 17.2. The molecular formula is C15H22O7. The molecular weight excluding hydrogens is 292 g/mol. The lowest BCUT2D eigenvalue weighted by molar-refractivity contribution is -0.247. The van der Waals surface area contributed by atoms with E-state index >= 15 is 0 Å². The Morgan fingerprint density at radius 2 is 1.59 bits per heavy atom. The molecule has 0 aliphatic heterocycles. The minimum absolute atomic E-state index is 0.163. The van der Waals surface area contributed by atoms with Crippen LogP contribution in [0.5, 0.6) is 17.2 Å². The lowest BCUT2D eigenvalue weighted by Crippen LogP contribution is -2.11. The number of carbonyl (C=O) groups is 1. The molecule has 22 heavy (non-hydrogen) atoms. The summed E-state index contributed by atoms with van der Waals surface area (Å²) in [4.78, 5) is 21.5. The van der Waals surface area contributed by atoms with Gasteiger partial charge in [0.15, 0.2) is 11.5 Å². The van der Waals surface area contributed by atoms with Crippen LogP contribution in [0.1, 0.15) is 23.7 Å². The molecule has 0 bridgehead atoms. The molecule has 1 rings (SSSR count). The zero-order valence-corrected chi connectivity index (χ0v) is 13.3. The molecule has 0 aliphatic carbocycles. The number of methoxy groups -OCH3 is 3. The largest absolute Gasteiger partial charge is 0.493 e. The van der Waals surface area contributed by atoms with Crippen LogP contribution in [0.15, 0.2) is 12.1 Å². The molecule has 0 fully saturated rings. The van der Waals surface area contributed by atoms with Crippen molar-refractivity contribution in [3.63, 3.8) is 0 Å². The second-order valence-corrected chi connectivity index (χ2v) is 4.22. The highest BCUT2D eigenvalue weighted by molar-refractivity contribution is 5.90. The Labute approximate surface area is 129 Å². The smallest absolute Gasteiger partial charge is 0.373 e. The van der Waals surface area contributed by atoms with Gasteiger partial charge in [-0.25, -0.2) is 4.79 Å². The standard InChI is InChI=1S/C15H22O7/c1-5-6-20-7-8-21-22-15(16)11-9-12(17-2)14(19-4)13(10-11)18-3/h9-10H,5-8H2,1-4H3. The van der Waals surface area contributed by atoms with Gasteiger partial charge in [0.25, 0.3) is 0 Å². The van der Waals surface area contributed by atoms with Crippen molar-refractivity contribution in [3.8, 4) is 17.2 Å². The first kappa shape index (κ1) is 18.1. The number of ether oxygens (including phenoxy) is 4. The van der Waals surface area contributed by atoms with Crippen LogP contribution < -0.4 is 14.2 Å². The molecule has 0 spiro atoms. The van der Waals surface area contributed by atoms with Crippen LogP contribution in [0.25, 0.3) is 0 Å². The maximum Gasteiger partial charge on any atom is 0.373 e. The van der Waals surface area contributed by atoms with Crippen molar-refractivity contribution in [2.24, 2.45) is 0 Å². The van der Waals surface area contributed by atoms with E-state index in [9.17, 15) is 4.79 Å². The second kappa shape index (κ2) is 9.86. The third-order valence-electron chi connectivity index (χ3n) is 2.69. The molecule has 124 valence electrons. The van der Waals surface area contributed by atoms with Crippen LogP contribution in [-0.2, 0) is 14.5 Å². The number of hydrogen-bond acceptors (Lipinski definition) is 7. The first-order valence-electron chi connectivity index (χ1n) is 6.89. The fourth-order valence-electron chi connectivity index (χ4n) is 1.68. The van der Waals surface area contributed by atoms with Crippen LogP contribution in [0.2, 0.25) is 0 Å². The van der Waals surface area contributed by atoms with Crippen molar-refractivity contribution in [1.29, 1.82) is 0 Å². The molecule has 0 aromatic heterocycles. The van der Waals surface area contributed by atoms with Gasteiger partial charge in [-0.05, 0) is 18.6 Å². The molecule has 0 saturated heterocycles. The summed E-state index contributed by atoms with van der Waals surface area (Å²) in [5.41, 5.74) is 0.226. The highest BCUT2D eigenvalue weighted by Crippen LogP contribution is 2.38.